The van der Waals surface area contributed by atoms with Gasteiger partial charge in [0.25, 0.3) is 0 Å². The van der Waals surface area contributed by atoms with Gasteiger partial charge in [-0.25, -0.2) is 19.2 Å². The predicted octanol–water partition coefficient (Wildman–Crippen LogP) is 5.15. The lowest BCUT2D eigenvalue weighted by Gasteiger charge is -2.25. The summed E-state index contributed by atoms with van der Waals surface area (Å²) in [4.78, 5) is 22.5. The molecule has 1 aliphatic heterocycles. The Morgan fingerprint density at radius 2 is 1.96 bits per heavy atom. The largest absolute Gasteiger partial charge is 0.415 e. The number of halogens is 2. The van der Waals surface area contributed by atoms with Gasteiger partial charge in [0.15, 0.2) is 5.82 Å². The zero-order valence-electron chi connectivity index (χ0n) is 15.0. The average Bonchev–Trinajstić information content (AvgIpc) is 2.72. The first-order valence-electron chi connectivity index (χ1n) is 9.04. The molecule has 0 unspecified atom stereocenters. The number of piperidine rings is 1. The summed E-state index contributed by atoms with van der Waals surface area (Å²) in [6.45, 7) is 1.41. The number of carbonyl (C=O) groups is 1. The molecule has 8 heteroatoms. The molecule has 0 spiro atoms. The van der Waals surface area contributed by atoms with Gasteiger partial charge in [-0.3, -0.25) is 0 Å². The molecule has 144 valence electrons. The maximum Gasteiger partial charge on any atom is 0.415 e. The molecule has 0 bridgehead atoms. The minimum Gasteiger partial charge on any atom is -0.410 e. The fourth-order valence-electron chi connectivity index (χ4n) is 3.17. The summed E-state index contributed by atoms with van der Waals surface area (Å²) < 4.78 is 19.8. The average molecular weight is 401 g/mol. The minimum atomic E-state index is -0.566. The molecule has 2 heterocycles. The fourth-order valence-corrected chi connectivity index (χ4v) is 3.34. The molecule has 28 heavy (non-hydrogen) atoms. The fraction of sp³-hybridized carbons (Fsp3) is 0.250. The summed E-state index contributed by atoms with van der Waals surface area (Å²) in [5.74, 6) is 0.207. The van der Waals surface area contributed by atoms with Crippen LogP contribution in [0.4, 0.5) is 20.7 Å². The first kappa shape index (κ1) is 18.4. The number of benzene rings is 2. The van der Waals surface area contributed by atoms with Crippen LogP contribution in [0.25, 0.3) is 10.9 Å². The molecule has 1 fully saturated rings. The van der Waals surface area contributed by atoms with Crippen LogP contribution < -0.4 is 10.1 Å². The highest BCUT2D eigenvalue weighted by atomic mass is 35.5. The first-order chi connectivity index (χ1) is 13.6. The van der Waals surface area contributed by atoms with E-state index in [0.717, 1.165) is 19.3 Å². The van der Waals surface area contributed by atoms with Crippen molar-refractivity contribution in [1.82, 2.24) is 14.9 Å². The zero-order valence-corrected chi connectivity index (χ0v) is 15.7. The Labute approximate surface area is 166 Å². The standard InChI is InChI=1S/C20H18ClFN4O2/c21-15-5-4-6-17(18(15)22)25-19-14-11-13(7-8-16(14)23-12-24-19)28-20(27)26-9-2-1-3-10-26/h4-8,11-12H,1-3,9-10H2,(H,23,24,25). The van der Waals surface area contributed by atoms with E-state index in [9.17, 15) is 9.18 Å². The monoisotopic (exact) mass is 400 g/mol. The van der Waals surface area contributed by atoms with Crippen LogP contribution in [0.5, 0.6) is 5.75 Å². The van der Waals surface area contributed by atoms with E-state index in [2.05, 4.69) is 15.3 Å². The number of hydrogen-bond donors (Lipinski definition) is 1. The summed E-state index contributed by atoms with van der Waals surface area (Å²) >= 11 is 5.84. The van der Waals surface area contributed by atoms with Crippen molar-refractivity contribution in [2.45, 2.75) is 19.3 Å². The summed E-state index contributed by atoms with van der Waals surface area (Å²) in [7, 11) is 0. The second-order valence-electron chi connectivity index (χ2n) is 6.54. The zero-order chi connectivity index (χ0) is 19.5. The Morgan fingerprint density at radius 3 is 2.79 bits per heavy atom. The Balaban J connectivity index is 1.62. The van der Waals surface area contributed by atoms with Gasteiger partial charge in [0, 0.05) is 18.5 Å². The summed E-state index contributed by atoms with van der Waals surface area (Å²) in [5.41, 5.74) is 0.834. The Kier molecular flexibility index (Phi) is 5.25. The molecule has 0 atom stereocenters. The molecular formula is C20H18ClFN4O2. The highest BCUT2D eigenvalue weighted by molar-refractivity contribution is 6.31. The van der Waals surface area contributed by atoms with Crippen LogP contribution in [0.15, 0.2) is 42.7 Å². The Morgan fingerprint density at radius 1 is 1.14 bits per heavy atom. The third-order valence-corrected chi connectivity index (χ3v) is 4.92. The van der Waals surface area contributed by atoms with Crippen LogP contribution in [0, 0.1) is 5.82 Å². The number of carbonyl (C=O) groups excluding carboxylic acids is 1. The molecule has 1 amide bonds. The number of aromatic nitrogens is 2. The molecule has 0 aliphatic carbocycles. The van der Waals surface area contributed by atoms with Gasteiger partial charge in [-0.05, 0) is 49.6 Å². The van der Waals surface area contributed by atoms with Crippen LogP contribution in [0.3, 0.4) is 0 Å². The number of nitrogens with one attached hydrogen (secondary N) is 1. The van der Waals surface area contributed by atoms with Gasteiger partial charge < -0.3 is 15.0 Å². The van der Waals surface area contributed by atoms with E-state index >= 15 is 0 Å². The van der Waals surface area contributed by atoms with E-state index in [1.54, 1.807) is 35.2 Å². The van der Waals surface area contributed by atoms with Crippen molar-refractivity contribution in [3.8, 4) is 5.75 Å². The first-order valence-corrected chi connectivity index (χ1v) is 9.42. The maximum atomic E-state index is 14.2. The van der Waals surface area contributed by atoms with E-state index in [1.165, 1.54) is 12.4 Å². The molecule has 1 saturated heterocycles. The number of hydrogen-bond acceptors (Lipinski definition) is 5. The van der Waals surface area contributed by atoms with Crippen molar-refractivity contribution < 1.29 is 13.9 Å². The number of anilines is 2. The van der Waals surface area contributed by atoms with Crippen LogP contribution in [-0.4, -0.2) is 34.1 Å². The molecule has 4 rings (SSSR count). The second-order valence-corrected chi connectivity index (χ2v) is 6.95. The van der Waals surface area contributed by atoms with Crippen LogP contribution in [0.1, 0.15) is 19.3 Å². The van der Waals surface area contributed by atoms with Crippen molar-refractivity contribution in [2.24, 2.45) is 0 Å². The number of fused-ring (bicyclic) bond motifs is 1. The lowest BCUT2D eigenvalue weighted by Crippen LogP contribution is -2.37. The molecular weight excluding hydrogens is 383 g/mol. The van der Waals surface area contributed by atoms with E-state index in [-0.39, 0.29) is 16.8 Å². The highest BCUT2D eigenvalue weighted by Gasteiger charge is 2.19. The minimum absolute atomic E-state index is 0.0134. The number of rotatable bonds is 3. The van der Waals surface area contributed by atoms with Crippen molar-refractivity contribution in [3.63, 3.8) is 0 Å². The maximum absolute atomic E-state index is 14.2. The van der Waals surface area contributed by atoms with Gasteiger partial charge in [-0.1, -0.05) is 17.7 Å². The van der Waals surface area contributed by atoms with Gasteiger partial charge in [0.2, 0.25) is 0 Å². The Hall–Kier alpha value is -2.93. The second kappa shape index (κ2) is 7.98. The van der Waals surface area contributed by atoms with Crippen molar-refractivity contribution in [2.75, 3.05) is 18.4 Å². The van der Waals surface area contributed by atoms with Gasteiger partial charge in [0.05, 0.1) is 16.2 Å². The van der Waals surface area contributed by atoms with Crippen LogP contribution >= 0.6 is 11.6 Å². The smallest absolute Gasteiger partial charge is 0.410 e. The number of nitrogens with zero attached hydrogens (tertiary/aromatic N) is 3. The number of ether oxygens (including phenoxy) is 1. The quantitative estimate of drug-likeness (QED) is 0.658. The normalized spacial score (nSPS) is 14.1. The van der Waals surface area contributed by atoms with E-state index in [4.69, 9.17) is 16.3 Å². The van der Waals surface area contributed by atoms with Crippen LogP contribution in [0.2, 0.25) is 5.02 Å². The van der Waals surface area contributed by atoms with Crippen molar-refractivity contribution >= 4 is 40.1 Å². The van der Waals surface area contributed by atoms with Gasteiger partial charge in [-0.2, -0.15) is 0 Å². The van der Waals surface area contributed by atoms with E-state index in [0.29, 0.717) is 35.6 Å². The van der Waals surface area contributed by atoms with E-state index in [1.807, 2.05) is 0 Å². The third kappa shape index (κ3) is 3.84. The Bertz CT molecular complexity index is 1020. The molecule has 0 radical (unpaired) electrons. The van der Waals surface area contributed by atoms with E-state index < -0.39 is 5.82 Å². The molecule has 1 N–H and O–H groups in total. The number of amides is 1. The van der Waals surface area contributed by atoms with Gasteiger partial charge in [0.1, 0.15) is 17.9 Å². The predicted molar refractivity (Wildman–Crippen MR) is 106 cm³/mol. The van der Waals surface area contributed by atoms with Gasteiger partial charge in [-0.15, -0.1) is 0 Å². The molecule has 6 nitrogen and oxygen atoms in total. The molecule has 2 aromatic carbocycles. The number of likely N-dealkylation sites (tertiary alicyclic amines) is 1. The molecule has 1 aliphatic rings. The van der Waals surface area contributed by atoms with Crippen molar-refractivity contribution in [1.29, 1.82) is 0 Å². The third-order valence-electron chi connectivity index (χ3n) is 4.63. The highest BCUT2D eigenvalue weighted by Crippen LogP contribution is 2.30. The SMILES string of the molecule is O=C(Oc1ccc2ncnc(Nc3cccc(Cl)c3F)c2c1)N1CCCCC1. The molecule has 1 aromatic heterocycles. The summed E-state index contributed by atoms with van der Waals surface area (Å²) in [6, 6.07) is 9.76. The van der Waals surface area contributed by atoms with Crippen LogP contribution in [-0.2, 0) is 0 Å². The molecule has 3 aromatic rings. The lowest BCUT2D eigenvalue weighted by atomic mass is 10.1. The van der Waals surface area contributed by atoms with Crippen molar-refractivity contribution in [3.05, 3.63) is 53.6 Å². The molecule has 0 saturated carbocycles. The van der Waals surface area contributed by atoms with Gasteiger partial charge >= 0.3 is 6.09 Å². The summed E-state index contributed by atoms with van der Waals surface area (Å²) in [6.07, 6.45) is 4.12. The summed E-state index contributed by atoms with van der Waals surface area (Å²) in [5, 5.41) is 3.55. The topological polar surface area (TPSA) is 67.3 Å². The lowest BCUT2D eigenvalue weighted by molar-refractivity contribution is 0.142.